The molecule has 0 amide bonds. The first-order valence-corrected chi connectivity index (χ1v) is 6.79. The second kappa shape index (κ2) is 7.57. The van der Waals surface area contributed by atoms with Crippen molar-refractivity contribution in [1.29, 1.82) is 0 Å². The summed E-state index contributed by atoms with van der Waals surface area (Å²) < 4.78 is 5.11. The molecule has 0 aromatic heterocycles. The van der Waals surface area contributed by atoms with Gasteiger partial charge in [0.05, 0.1) is 12.2 Å². The van der Waals surface area contributed by atoms with Crippen LogP contribution in [0.3, 0.4) is 0 Å². The lowest BCUT2D eigenvalue weighted by molar-refractivity contribution is 0.0695. The Balaban J connectivity index is 1.95. The van der Waals surface area contributed by atoms with E-state index >= 15 is 0 Å². The van der Waals surface area contributed by atoms with Gasteiger partial charge in [-0.2, -0.15) is 0 Å². The summed E-state index contributed by atoms with van der Waals surface area (Å²) in [4.78, 5) is 11.1. The topological polar surface area (TPSA) is 58.6 Å². The third-order valence-electron chi connectivity index (χ3n) is 3.19. The lowest BCUT2D eigenvalue weighted by Crippen LogP contribution is -2.15. The van der Waals surface area contributed by atoms with Gasteiger partial charge in [-0.3, -0.25) is 0 Å². The Bertz CT molecular complexity index is 610. The number of ether oxygens (including phenoxy) is 1. The van der Waals surface area contributed by atoms with E-state index in [-0.39, 0.29) is 0 Å². The maximum absolute atomic E-state index is 11.1. The first-order valence-electron chi connectivity index (χ1n) is 6.79. The zero-order chi connectivity index (χ0) is 15.1. The molecule has 0 fully saturated rings. The van der Waals surface area contributed by atoms with Crippen LogP contribution in [0.15, 0.2) is 48.5 Å². The van der Waals surface area contributed by atoms with E-state index in [0.29, 0.717) is 25.3 Å². The van der Waals surface area contributed by atoms with Gasteiger partial charge in [0.2, 0.25) is 0 Å². The number of hydrogen-bond acceptors (Lipinski definition) is 3. The Hall–Kier alpha value is -2.17. The molecule has 0 heterocycles. The summed E-state index contributed by atoms with van der Waals surface area (Å²) in [6.07, 6.45) is 0. The van der Waals surface area contributed by atoms with Gasteiger partial charge < -0.3 is 15.2 Å². The van der Waals surface area contributed by atoms with Crippen LogP contribution in [0.4, 0.5) is 0 Å². The van der Waals surface area contributed by atoms with Crippen molar-refractivity contribution in [1.82, 2.24) is 5.32 Å². The van der Waals surface area contributed by atoms with Crippen molar-refractivity contribution in [3.8, 4) is 0 Å². The van der Waals surface area contributed by atoms with Gasteiger partial charge in [0, 0.05) is 20.2 Å². The van der Waals surface area contributed by atoms with Gasteiger partial charge in [-0.05, 0) is 22.8 Å². The zero-order valence-corrected chi connectivity index (χ0v) is 12.0. The number of benzene rings is 2. The molecule has 2 rings (SSSR count). The van der Waals surface area contributed by atoms with Gasteiger partial charge in [-0.1, -0.05) is 42.5 Å². The minimum Gasteiger partial charge on any atom is -0.478 e. The molecule has 0 aliphatic carbocycles. The molecule has 2 N–H and O–H groups in total. The fourth-order valence-corrected chi connectivity index (χ4v) is 2.22. The van der Waals surface area contributed by atoms with Crippen LogP contribution in [0.2, 0.25) is 0 Å². The van der Waals surface area contributed by atoms with Gasteiger partial charge in [-0.25, -0.2) is 4.79 Å². The van der Waals surface area contributed by atoms with Gasteiger partial charge in [0.1, 0.15) is 0 Å². The maximum atomic E-state index is 11.1. The van der Waals surface area contributed by atoms with Crippen LogP contribution in [0.5, 0.6) is 0 Å². The van der Waals surface area contributed by atoms with E-state index in [9.17, 15) is 4.79 Å². The molecular formula is C17H19NO3. The van der Waals surface area contributed by atoms with Crippen LogP contribution in [-0.2, 0) is 24.4 Å². The Morgan fingerprint density at radius 1 is 1.10 bits per heavy atom. The summed E-state index contributed by atoms with van der Waals surface area (Å²) in [5.74, 6) is -0.894. The highest BCUT2D eigenvalue weighted by Gasteiger charge is 2.08. The highest BCUT2D eigenvalue weighted by molar-refractivity contribution is 5.89. The summed E-state index contributed by atoms with van der Waals surface area (Å²) in [6, 6.07) is 15.2. The van der Waals surface area contributed by atoms with Crippen LogP contribution in [0, 0.1) is 0 Å². The number of carboxylic acid groups (broad SMARTS) is 1. The summed E-state index contributed by atoms with van der Waals surface area (Å²) in [5.41, 5.74) is 3.41. The highest BCUT2D eigenvalue weighted by Crippen LogP contribution is 2.10. The van der Waals surface area contributed by atoms with Gasteiger partial charge in [0.25, 0.3) is 0 Å². The molecule has 0 saturated carbocycles. The lowest BCUT2D eigenvalue weighted by Gasteiger charge is -2.09. The minimum atomic E-state index is -0.894. The van der Waals surface area contributed by atoms with E-state index in [4.69, 9.17) is 9.84 Å². The van der Waals surface area contributed by atoms with E-state index in [1.165, 1.54) is 0 Å². The van der Waals surface area contributed by atoms with E-state index in [1.54, 1.807) is 19.2 Å². The molecule has 0 spiro atoms. The fraction of sp³-hybridized carbons (Fsp3) is 0.235. The van der Waals surface area contributed by atoms with E-state index < -0.39 is 5.97 Å². The predicted octanol–water partition coefficient (Wildman–Crippen LogP) is 2.82. The third-order valence-corrected chi connectivity index (χ3v) is 3.19. The minimum absolute atomic E-state index is 0.345. The third kappa shape index (κ3) is 4.41. The average molecular weight is 285 g/mol. The monoisotopic (exact) mass is 285 g/mol. The SMILES string of the molecule is COCc1cccc(CNCc2ccccc2C(=O)O)c1. The van der Waals surface area contributed by atoms with Crippen molar-refractivity contribution in [2.75, 3.05) is 7.11 Å². The quantitative estimate of drug-likeness (QED) is 0.821. The molecule has 110 valence electrons. The number of nitrogens with one attached hydrogen (secondary N) is 1. The van der Waals surface area contributed by atoms with Crippen LogP contribution in [0.25, 0.3) is 0 Å². The predicted molar refractivity (Wildman–Crippen MR) is 81.1 cm³/mol. The van der Waals surface area contributed by atoms with Crippen LogP contribution in [0.1, 0.15) is 27.0 Å². The van der Waals surface area contributed by atoms with E-state index in [0.717, 1.165) is 16.7 Å². The summed E-state index contributed by atoms with van der Waals surface area (Å²) in [7, 11) is 1.67. The summed E-state index contributed by atoms with van der Waals surface area (Å²) in [6.45, 7) is 1.80. The normalized spacial score (nSPS) is 10.5. The Kier molecular flexibility index (Phi) is 5.49. The van der Waals surface area contributed by atoms with Crippen molar-refractivity contribution in [3.05, 3.63) is 70.8 Å². The van der Waals surface area contributed by atoms with Gasteiger partial charge in [-0.15, -0.1) is 0 Å². The van der Waals surface area contributed by atoms with Crippen molar-refractivity contribution in [3.63, 3.8) is 0 Å². The number of carboxylic acids is 1. The molecule has 21 heavy (non-hydrogen) atoms. The summed E-state index contributed by atoms with van der Waals surface area (Å²) in [5, 5.41) is 12.4. The number of rotatable bonds is 7. The lowest BCUT2D eigenvalue weighted by atomic mass is 10.1. The fourth-order valence-electron chi connectivity index (χ4n) is 2.22. The first-order chi connectivity index (χ1) is 10.2. The number of aromatic carboxylic acids is 1. The summed E-state index contributed by atoms with van der Waals surface area (Å²) >= 11 is 0. The Morgan fingerprint density at radius 2 is 1.86 bits per heavy atom. The molecule has 0 atom stereocenters. The van der Waals surface area contributed by atoms with Crippen LogP contribution < -0.4 is 5.32 Å². The van der Waals surface area contributed by atoms with Crippen molar-refractivity contribution < 1.29 is 14.6 Å². The smallest absolute Gasteiger partial charge is 0.336 e. The van der Waals surface area contributed by atoms with E-state index in [1.807, 2.05) is 30.3 Å². The highest BCUT2D eigenvalue weighted by atomic mass is 16.5. The molecular weight excluding hydrogens is 266 g/mol. The average Bonchev–Trinajstić information content (AvgIpc) is 2.48. The van der Waals surface area contributed by atoms with Crippen LogP contribution in [-0.4, -0.2) is 18.2 Å². The molecule has 2 aromatic rings. The van der Waals surface area contributed by atoms with Crippen molar-refractivity contribution >= 4 is 5.97 Å². The Labute approximate surface area is 124 Å². The molecule has 4 heteroatoms. The first kappa shape index (κ1) is 15.2. The molecule has 4 nitrogen and oxygen atoms in total. The molecule has 0 radical (unpaired) electrons. The van der Waals surface area contributed by atoms with Crippen molar-refractivity contribution in [2.24, 2.45) is 0 Å². The van der Waals surface area contributed by atoms with Gasteiger partial charge in [0.15, 0.2) is 0 Å². The van der Waals surface area contributed by atoms with Crippen molar-refractivity contribution in [2.45, 2.75) is 19.7 Å². The van der Waals surface area contributed by atoms with E-state index in [2.05, 4.69) is 11.4 Å². The molecule has 0 saturated heterocycles. The van der Waals surface area contributed by atoms with Crippen LogP contribution >= 0.6 is 0 Å². The second-order valence-corrected chi connectivity index (χ2v) is 4.82. The molecule has 0 aliphatic rings. The molecule has 0 unspecified atom stereocenters. The number of hydrogen-bond donors (Lipinski definition) is 2. The number of methoxy groups -OCH3 is 1. The largest absolute Gasteiger partial charge is 0.478 e. The maximum Gasteiger partial charge on any atom is 0.336 e. The molecule has 0 aliphatic heterocycles. The Morgan fingerprint density at radius 3 is 2.62 bits per heavy atom. The second-order valence-electron chi connectivity index (χ2n) is 4.82. The molecule has 0 bridgehead atoms. The standard InChI is InChI=1S/C17H19NO3/c1-21-12-14-6-4-5-13(9-14)10-18-11-15-7-2-3-8-16(15)17(19)20/h2-9,18H,10-12H2,1H3,(H,19,20). The molecule has 2 aromatic carbocycles. The number of carbonyl (C=O) groups is 1. The zero-order valence-electron chi connectivity index (χ0n) is 12.0. The van der Waals surface area contributed by atoms with Gasteiger partial charge >= 0.3 is 5.97 Å².